The minimum absolute atomic E-state index is 0.428. The van der Waals surface area contributed by atoms with E-state index in [4.69, 9.17) is 22.7 Å². The summed E-state index contributed by atoms with van der Waals surface area (Å²) in [4.78, 5) is 3.08. The molecular weight excluding hydrogens is 324 g/mol. The van der Waals surface area contributed by atoms with Crippen LogP contribution in [0.25, 0.3) is 0 Å². The van der Waals surface area contributed by atoms with Crippen LogP contribution >= 0.6 is 28.1 Å². The Bertz CT molecular complexity index is 433. The average Bonchev–Trinajstić information content (AvgIpc) is 2.39. The molecule has 104 valence electrons. The molecule has 1 aromatic carbocycles. The number of rotatable bonds is 5. The Morgan fingerprint density at radius 1 is 1.42 bits per heavy atom. The first kappa shape index (κ1) is 14.8. The molecule has 1 saturated heterocycles. The van der Waals surface area contributed by atoms with Gasteiger partial charge in [0, 0.05) is 16.9 Å². The summed E-state index contributed by atoms with van der Waals surface area (Å²) in [6.45, 7) is 3.79. The molecule has 0 aromatic heterocycles. The van der Waals surface area contributed by atoms with Crippen LogP contribution < -0.4 is 10.5 Å². The number of benzene rings is 1. The van der Waals surface area contributed by atoms with Gasteiger partial charge in [-0.05, 0) is 44.1 Å². The van der Waals surface area contributed by atoms with E-state index in [1.54, 1.807) is 0 Å². The van der Waals surface area contributed by atoms with Crippen molar-refractivity contribution in [2.45, 2.75) is 12.8 Å². The maximum atomic E-state index is 5.74. The van der Waals surface area contributed by atoms with Crippen LogP contribution in [-0.4, -0.2) is 36.1 Å². The van der Waals surface area contributed by atoms with Crippen molar-refractivity contribution in [2.24, 2.45) is 11.7 Å². The van der Waals surface area contributed by atoms with Gasteiger partial charge in [-0.1, -0.05) is 34.2 Å². The number of hydrogen-bond acceptors (Lipinski definition) is 3. The molecule has 0 unspecified atom stereocenters. The lowest BCUT2D eigenvalue weighted by molar-refractivity contribution is 0.171. The van der Waals surface area contributed by atoms with Crippen molar-refractivity contribution < 1.29 is 4.74 Å². The van der Waals surface area contributed by atoms with Crippen LogP contribution in [0, 0.1) is 5.92 Å². The predicted molar refractivity (Wildman–Crippen MR) is 85.6 cm³/mol. The van der Waals surface area contributed by atoms with Gasteiger partial charge in [0.15, 0.2) is 0 Å². The van der Waals surface area contributed by atoms with Gasteiger partial charge in [-0.15, -0.1) is 0 Å². The Morgan fingerprint density at radius 2 is 2.16 bits per heavy atom. The second-order valence-corrected chi connectivity index (χ2v) is 6.21. The number of ether oxygens (including phenoxy) is 1. The Hall–Kier alpha value is -0.650. The lowest BCUT2D eigenvalue weighted by Crippen LogP contribution is -2.39. The highest BCUT2D eigenvalue weighted by molar-refractivity contribution is 9.10. The van der Waals surface area contributed by atoms with E-state index in [1.165, 1.54) is 0 Å². The normalized spacial score (nSPS) is 17.3. The summed E-state index contributed by atoms with van der Waals surface area (Å²) in [5.74, 6) is 1.34. The molecule has 1 aliphatic heterocycles. The maximum Gasteiger partial charge on any atom is 0.120 e. The molecule has 2 N–H and O–H groups in total. The van der Waals surface area contributed by atoms with E-state index in [2.05, 4.69) is 20.8 Å². The number of likely N-dealkylation sites (tertiary alicyclic amines) is 1. The summed E-state index contributed by atoms with van der Waals surface area (Å²) in [6, 6.07) is 7.93. The van der Waals surface area contributed by atoms with Crippen LogP contribution in [0.5, 0.6) is 5.75 Å². The summed E-state index contributed by atoms with van der Waals surface area (Å²) in [5.41, 5.74) is 5.69. The van der Waals surface area contributed by atoms with Crippen LogP contribution in [0.15, 0.2) is 28.7 Å². The number of hydrogen-bond donors (Lipinski definition) is 1. The van der Waals surface area contributed by atoms with E-state index in [1.807, 2.05) is 24.3 Å². The van der Waals surface area contributed by atoms with E-state index >= 15 is 0 Å². The Morgan fingerprint density at radius 3 is 2.79 bits per heavy atom. The average molecular weight is 343 g/mol. The van der Waals surface area contributed by atoms with Crippen molar-refractivity contribution in [1.82, 2.24) is 4.90 Å². The van der Waals surface area contributed by atoms with Crippen LogP contribution in [0.4, 0.5) is 0 Å². The third-order valence-corrected chi connectivity index (χ3v) is 4.29. The van der Waals surface area contributed by atoms with Gasteiger partial charge in [0.25, 0.3) is 0 Å². The second-order valence-electron chi connectivity index (χ2n) is 4.82. The van der Waals surface area contributed by atoms with E-state index < -0.39 is 0 Å². The number of nitrogens with two attached hydrogens (primary N) is 1. The molecule has 0 bridgehead atoms. The van der Waals surface area contributed by atoms with Crippen molar-refractivity contribution in [3.05, 3.63) is 28.7 Å². The summed E-state index contributed by atoms with van der Waals surface area (Å²) in [7, 11) is 0. The number of piperidine rings is 1. The molecule has 1 aliphatic rings. The molecule has 0 atom stereocenters. The zero-order valence-electron chi connectivity index (χ0n) is 10.8. The fraction of sp³-hybridized carbons (Fsp3) is 0.500. The number of halogens is 1. The Balaban J connectivity index is 1.68. The Labute approximate surface area is 128 Å². The molecule has 5 heteroatoms. The standard InChI is InChI=1S/C14H19BrN2OS/c15-12-2-1-3-13(10-12)18-9-8-17-6-4-11(5-7-17)14(16)19/h1-3,10-11H,4-9H2,(H2,16,19). The first-order chi connectivity index (χ1) is 9.15. The predicted octanol–water partition coefficient (Wildman–Crippen LogP) is 2.83. The summed E-state index contributed by atoms with van der Waals surface area (Å²) in [6.07, 6.45) is 2.15. The molecule has 2 rings (SSSR count). The number of nitrogens with zero attached hydrogens (tertiary/aromatic N) is 1. The highest BCUT2D eigenvalue weighted by atomic mass is 79.9. The molecule has 0 amide bonds. The molecule has 0 saturated carbocycles. The van der Waals surface area contributed by atoms with Crippen molar-refractivity contribution in [2.75, 3.05) is 26.2 Å². The monoisotopic (exact) mass is 342 g/mol. The molecule has 19 heavy (non-hydrogen) atoms. The maximum absolute atomic E-state index is 5.74. The highest BCUT2D eigenvalue weighted by Crippen LogP contribution is 2.19. The summed E-state index contributed by atoms with van der Waals surface area (Å²) < 4.78 is 6.79. The van der Waals surface area contributed by atoms with E-state index in [9.17, 15) is 0 Å². The Kier molecular flexibility index (Phi) is 5.60. The van der Waals surface area contributed by atoms with Crippen LogP contribution in [0.2, 0.25) is 0 Å². The first-order valence-electron chi connectivity index (χ1n) is 6.55. The minimum atomic E-state index is 0.428. The SMILES string of the molecule is NC(=S)C1CCN(CCOc2cccc(Br)c2)CC1. The molecule has 0 radical (unpaired) electrons. The number of thiocarbonyl (C=S) groups is 1. The molecule has 1 heterocycles. The molecular formula is C14H19BrN2OS. The molecule has 1 aromatic rings. The van der Waals surface area contributed by atoms with Gasteiger partial charge in [-0.25, -0.2) is 0 Å². The fourth-order valence-electron chi connectivity index (χ4n) is 2.29. The van der Waals surface area contributed by atoms with Gasteiger partial charge in [0.1, 0.15) is 12.4 Å². The molecule has 3 nitrogen and oxygen atoms in total. The highest BCUT2D eigenvalue weighted by Gasteiger charge is 2.20. The lowest BCUT2D eigenvalue weighted by atomic mass is 9.97. The first-order valence-corrected chi connectivity index (χ1v) is 7.75. The zero-order chi connectivity index (χ0) is 13.7. The van der Waals surface area contributed by atoms with Crippen LogP contribution in [-0.2, 0) is 0 Å². The van der Waals surface area contributed by atoms with Gasteiger partial charge in [0.05, 0.1) is 4.99 Å². The smallest absolute Gasteiger partial charge is 0.120 e. The van der Waals surface area contributed by atoms with Crippen LogP contribution in [0.1, 0.15) is 12.8 Å². The zero-order valence-corrected chi connectivity index (χ0v) is 13.3. The van der Waals surface area contributed by atoms with Gasteiger partial charge in [-0.3, -0.25) is 4.90 Å². The van der Waals surface area contributed by atoms with Gasteiger partial charge >= 0.3 is 0 Å². The largest absolute Gasteiger partial charge is 0.492 e. The molecule has 0 spiro atoms. The molecule has 0 aliphatic carbocycles. The van der Waals surface area contributed by atoms with E-state index in [-0.39, 0.29) is 0 Å². The molecule has 1 fully saturated rings. The van der Waals surface area contributed by atoms with E-state index in [0.717, 1.165) is 42.7 Å². The fourth-order valence-corrected chi connectivity index (χ4v) is 2.90. The van der Waals surface area contributed by atoms with Crippen molar-refractivity contribution in [3.63, 3.8) is 0 Å². The third kappa shape index (κ3) is 4.75. The third-order valence-electron chi connectivity index (χ3n) is 3.46. The van der Waals surface area contributed by atoms with Crippen molar-refractivity contribution >= 4 is 33.1 Å². The lowest BCUT2D eigenvalue weighted by Gasteiger charge is -2.31. The van der Waals surface area contributed by atoms with Crippen molar-refractivity contribution in [1.29, 1.82) is 0 Å². The quantitative estimate of drug-likeness (QED) is 0.835. The minimum Gasteiger partial charge on any atom is -0.492 e. The van der Waals surface area contributed by atoms with Crippen molar-refractivity contribution in [3.8, 4) is 5.75 Å². The van der Waals surface area contributed by atoms with E-state index in [0.29, 0.717) is 17.5 Å². The van der Waals surface area contributed by atoms with Crippen LogP contribution in [0.3, 0.4) is 0 Å². The van der Waals surface area contributed by atoms with Gasteiger partial charge in [0.2, 0.25) is 0 Å². The van der Waals surface area contributed by atoms with Gasteiger partial charge in [-0.2, -0.15) is 0 Å². The summed E-state index contributed by atoms with van der Waals surface area (Å²) >= 11 is 8.48. The second kappa shape index (κ2) is 7.22. The summed E-state index contributed by atoms with van der Waals surface area (Å²) in [5, 5.41) is 0. The topological polar surface area (TPSA) is 38.5 Å². The van der Waals surface area contributed by atoms with Gasteiger partial charge < -0.3 is 10.5 Å².